The van der Waals surface area contributed by atoms with Gasteiger partial charge in [0.1, 0.15) is 11.3 Å². The number of likely N-dealkylation sites (tertiary alicyclic amines) is 1. The van der Waals surface area contributed by atoms with Crippen LogP contribution in [-0.2, 0) is 5.88 Å². The largest absolute Gasteiger partial charge is 0.308 e. The first-order valence-electron chi connectivity index (χ1n) is 6.36. The molecule has 0 amide bonds. The zero-order valence-electron chi connectivity index (χ0n) is 10.5. The van der Waals surface area contributed by atoms with Crippen LogP contribution in [0.2, 0.25) is 0 Å². The summed E-state index contributed by atoms with van der Waals surface area (Å²) in [7, 11) is 2.17. The van der Waals surface area contributed by atoms with Crippen LogP contribution in [0.4, 0.5) is 0 Å². The summed E-state index contributed by atoms with van der Waals surface area (Å²) in [5.41, 5.74) is 1.93. The molecule has 0 aromatic carbocycles. The van der Waals surface area contributed by atoms with Crippen LogP contribution in [0, 0.1) is 0 Å². The van der Waals surface area contributed by atoms with Crippen molar-refractivity contribution in [1.29, 1.82) is 0 Å². The van der Waals surface area contributed by atoms with Gasteiger partial charge in [0.15, 0.2) is 5.65 Å². The molecule has 0 radical (unpaired) electrons. The quantitative estimate of drug-likeness (QED) is 0.782. The van der Waals surface area contributed by atoms with Crippen molar-refractivity contribution >= 4 is 22.8 Å². The van der Waals surface area contributed by atoms with E-state index in [1.807, 2.05) is 18.3 Å². The van der Waals surface area contributed by atoms with Crippen molar-refractivity contribution < 1.29 is 0 Å². The number of piperidine rings is 1. The molecule has 0 unspecified atom stereocenters. The summed E-state index contributed by atoms with van der Waals surface area (Å²) in [5.74, 6) is 1.39. The summed E-state index contributed by atoms with van der Waals surface area (Å²) in [5, 5.41) is 0. The van der Waals surface area contributed by atoms with E-state index in [4.69, 9.17) is 11.6 Å². The van der Waals surface area contributed by atoms with Crippen molar-refractivity contribution in [3.63, 3.8) is 0 Å². The smallest absolute Gasteiger partial charge is 0.160 e. The lowest BCUT2D eigenvalue weighted by atomic mass is 10.1. The van der Waals surface area contributed by atoms with Gasteiger partial charge in [-0.2, -0.15) is 0 Å². The van der Waals surface area contributed by atoms with Gasteiger partial charge in [0, 0.05) is 12.2 Å². The van der Waals surface area contributed by atoms with Crippen LogP contribution in [0.3, 0.4) is 0 Å². The number of pyridine rings is 1. The van der Waals surface area contributed by atoms with Crippen LogP contribution in [0.25, 0.3) is 11.2 Å². The lowest BCUT2D eigenvalue weighted by Crippen LogP contribution is -2.32. The monoisotopic (exact) mass is 264 g/mol. The molecule has 96 valence electrons. The topological polar surface area (TPSA) is 34.0 Å². The number of hydrogen-bond donors (Lipinski definition) is 0. The van der Waals surface area contributed by atoms with E-state index >= 15 is 0 Å². The van der Waals surface area contributed by atoms with Crippen LogP contribution in [0.1, 0.15) is 24.7 Å². The minimum atomic E-state index is 0.447. The Morgan fingerprint density at radius 1 is 1.39 bits per heavy atom. The number of rotatable bonds is 2. The predicted molar refractivity (Wildman–Crippen MR) is 72.9 cm³/mol. The lowest BCUT2D eigenvalue weighted by molar-refractivity contribution is 0.221. The molecule has 2 aromatic rings. The third-order valence-electron chi connectivity index (χ3n) is 3.69. The SMILES string of the molecule is CN1CCC(n2c(CCl)nc3cccnc32)CC1. The Morgan fingerprint density at radius 2 is 2.17 bits per heavy atom. The first-order chi connectivity index (χ1) is 8.79. The fraction of sp³-hybridized carbons (Fsp3) is 0.538. The Morgan fingerprint density at radius 3 is 2.89 bits per heavy atom. The van der Waals surface area contributed by atoms with Crippen molar-refractivity contribution in [3.05, 3.63) is 24.2 Å². The molecular formula is C13H17ClN4. The van der Waals surface area contributed by atoms with Gasteiger partial charge in [0.25, 0.3) is 0 Å². The average Bonchev–Trinajstić information content (AvgIpc) is 2.78. The maximum absolute atomic E-state index is 6.03. The zero-order chi connectivity index (χ0) is 12.5. The Bertz CT molecular complexity index is 543. The van der Waals surface area contributed by atoms with Crippen molar-refractivity contribution in [2.45, 2.75) is 24.8 Å². The number of nitrogens with zero attached hydrogens (tertiary/aromatic N) is 4. The van der Waals surface area contributed by atoms with Crippen molar-refractivity contribution in [2.24, 2.45) is 0 Å². The van der Waals surface area contributed by atoms with Gasteiger partial charge >= 0.3 is 0 Å². The van der Waals surface area contributed by atoms with Gasteiger partial charge in [0.05, 0.1) is 5.88 Å². The maximum atomic E-state index is 6.03. The van der Waals surface area contributed by atoms with E-state index in [-0.39, 0.29) is 0 Å². The minimum absolute atomic E-state index is 0.447. The number of aromatic nitrogens is 3. The normalized spacial score (nSPS) is 18.6. The van der Waals surface area contributed by atoms with Crippen LogP contribution in [0.5, 0.6) is 0 Å². The third kappa shape index (κ3) is 1.99. The van der Waals surface area contributed by atoms with Gasteiger partial charge in [-0.15, -0.1) is 11.6 Å². The molecule has 0 N–H and O–H groups in total. The molecule has 3 heterocycles. The van der Waals surface area contributed by atoms with Crippen molar-refractivity contribution in [2.75, 3.05) is 20.1 Å². The molecule has 0 aliphatic carbocycles. The second-order valence-corrected chi connectivity index (χ2v) is 5.18. The molecule has 0 bridgehead atoms. The van der Waals surface area contributed by atoms with Crippen LogP contribution < -0.4 is 0 Å². The number of hydrogen-bond acceptors (Lipinski definition) is 3. The highest BCUT2D eigenvalue weighted by Gasteiger charge is 2.23. The Labute approximate surface area is 112 Å². The minimum Gasteiger partial charge on any atom is -0.308 e. The molecule has 18 heavy (non-hydrogen) atoms. The summed E-state index contributed by atoms with van der Waals surface area (Å²) >= 11 is 6.03. The van der Waals surface area contributed by atoms with Gasteiger partial charge in [-0.05, 0) is 45.1 Å². The summed E-state index contributed by atoms with van der Waals surface area (Å²) < 4.78 is 2.25. The third-order valence-corrected chi connectivity index (χ3v) is 3.93. The van der Waals surface area contributed by atoms with E-state index in [1.54, 1.807) is 0 Å². The molecule has 4 nitrogen and oxygen atoms in total. The van der Waals surface area contributed by atoms with Crippen LogP contribution >= 0.6 is 11.6 Å². The van der Waals surface area contributed by atoms with Crippen LogP contribution in [-0.4, -0.2) is 39.6 Å². The highest BCUT2D eigenvalue weighted by Crippen LogP contribution is 2.27. The summed E-state index contributed by atoms with van der Waals surface area (Å²) in [6, 6.07) is 4.41. The molecule has 0 spiro atoms. The predicted octanol–water partition coefficient (Wildman–Crippen LogP) is 2.44. The van der Waals surface area contributed by atoms with Crippen molar-refractivity contribution in [1.82, 2.24) is 19.4 Å². The number of halogens is 1. The van der Waals surface area contributed by atoms with E-state index < -0.39 is 0 Å². The van der Waals surface area contributed by atoms with E-state index in [2.05, 4.69) is 26.5 Å². The molecule has 5 heteroatoms. The average molecular weight is 265 g/mol. The first kappa shape index (κ1) is 11.9. The molecule has 1 saturated heterocycles. The second-order valence-electron chi connectivity index (χ2n) is 4.91. The summed E-state index contributed by atoms with van der Waals surface area (Å²) in [6.45, 7) is 2.25. The fourth-order valence-corrected chi connectivity index (χ4v) is 2.90. The highest BCUT2D eigenvalue weighted by atomic mass is 35.5. The van der Waals surface area contributed by atoms with Gasteiger partial charge in [-0.1, -0.05) is 0 Å². The molecule has 1 aliphatic heterocycles. The summed E-state index contributed by atoms with van der Waals surface area (Å²) in [4.78, 5) is 11.4. The highest BCUT2D eigenvalue weighted by molar-refractivity contribution is 6.16. The Kier molecular flexibility index (Phi) is 3.22. The lowest BCUT2D eigenvalue weighted by Gasteiger charge is -2.30. The van der Waals surface area contributed by atoms with Gasteiger partial charge in [-0.25, -0.2) is 9.97 Å². The van der Waals surface area contributed by atoms with Crippen LogP contribution in [0.15, 0.2) is 18.3 Å². The maximum Gasteiger partial charge on any atom is 0.160 e. The van der Waals surface area contributed by atoms with Gasteiger partial charge in [-0.3, -0.25) is 0 Å². The number of alkyl halides is 1. The molecule has 2 aromatic heterocycles. The fourth-order valence-electron chi connectivity index (χ4n) is 2.71. The Hall–Kier alpha value is -1.13. The van der Waals surface area contributed by atoms with Gasteiger partial charge < -0.3 is 9.47 Å². The van der Waals surface area contributed by atoms with E-state index in [0.29, 0.717) is 11.9 Å². The standard InChI is InChI=1S/C13H17ClN4/c1-17-7-4-10(5-8-17)18-12(9-14)16-11-3-2-6-15-13(11)18/h2-3,6,10H,4-5,7-9H2,1H3. The molecular weight excluding hydrogens is 248 g/mol. The first-order valence-corrected chi connectivity index (χ1v) is 6.89. The Balaban J connectivity index is 2.04. The molecule has 1 fully saturated rings. The number of imidazole rings is 1. The molecule has 0 atom stereocenters. The van der Waals surface area contributed by atoms with E-state index in [9.17, 15) is 0 Å². The molecule has 1 aliphatic rings. The second kappa shape index (κ2) is 4.86. The summed E-state index contributed by atoms with van der Waals surface area (Å²) in [6.07, 6.45) is 4.11. The zero-order valence-corrected chi connectivity index (χ0v) is 11.3. The number of fused-ring (bicyclic) bond motifs is 1. The molecule has 3 rings (SSSR count). The molecule has 0 saturated carbocycles. The van der Waals surface area contributed by atoms with Gasteiger partial charge in [0.2, 0.25) is 0 Å². The van der Waals surface area contributed by atoms with Crippen molar-refractivity contribution in [3.8, 4) is 0 Å². The van der Waals surface area contributed by atoms with E-state index in [0.717, 1.165) is 42.9 Å². The van der Waals surface area contributed by atoms with E-state index in [1.165, 1.54) is 0 Å².